The number of para-hydroxylation sites is 1. The van der Waals surface area contributed by atoms with Crippen LogP contribution in [0.2, 0.25) is 10.0 Å². The van der Waals surface area contributed by atoms with E-state index in [1.165, 1.54) is 17.0 Å². The minimum Gasteiger partial charge on any atom is -1.00 e. The number of ether oxygens (including phenoxy) is 1. The van der Waals surface area contributed by atoms with Crippen LogP contribution in [0.15, 0.2) is 109 Å². The lowest BCUT2D eigenvalue weighted by atomic mass is 9.81. The summed E-state index contributed by atoms with van der Waals surface area (Å²) < 4.78 is 37.6. The van der Waals surface area contributed by atoms with Gasteiger partial charge in [-0.1, -0.05) is 59.6 Å². The second kappa shape index (κ2) is 13.2. The Morgan fingerprint density at radius 3 is 1.95 bits per heavy atom. The van der Waals surface area contributed by atoms with Gasteiger partial charge in [0, 0.05) is 33.3 Å². The first kappa shape index (κ1) is 31.0. The molecular weight excluding hydrogens is 560 g/mol. The third kappa shape index (κ3) is 7.15. The van der Waals surface area contributed by atoms with E-state index in [0.29, 0.717) is 10.0 Å². The molecule has 3 aromatic carbocycles. The molecule has 0 N–H and O–H groups in total. The van der Waals surface area contributed by atoms with Crippen LogP contribution in [0.5, 0.6) is 0 Å². The van der Waals surface area contributed by atoms with Gasteiger partial charge in [0.15, 0.2) is 5.71 Å². The van der Waals surface area contributed by atoms with E-state index in [1.807, 2.05) is 60.7 Å². The standard InChI is InChI=1S/C31H26Cl2NO.BF3.FH/c1-31(2)27-8-4-5-9-28(27)34(3)30(31)10-6-7-26-19-23(21-11-15-24(32)16-12-21)20-29(35-26)22-13-17-25(33)18-14-22;2-1(3)4;/h4-20H,1-3H3;;1H/q+1;;/p-1. The summed E-state index contributed by atoms with van der Waals surface area (Å²) in [6, 6.07) is 24.1. The van der Waals surface area contributed by atoms with E-state index in [0.717, 1.165) is 28.2 Å². The van der Waals surface area contributed by atoms with Crippen LogP contribution in [-0.4, -0.2) is 24.9 Å². The third-order valence-electron chi connectivity index (χ3n) is 6.57. The van der Waals surface area contributed by atoms with Crippen LogP contribution in [0.1, 0.15) is 30.5 Å². The molecule has 0 amide bonds. The highest BCUT2D eigenvalue weighted by Gasteiger charge is 2.42. The van der Waals surface area contributed by atoms with Crippen molar-refractivity contribution in [2.45, 2.75) is 19.3 Å². The molecule has 2 heterocycles. The Morgan fingerprint density at radius 1 is 0.825 bits per heavy atom. The fraction of sp³-hybridized carbons (Fsp3) is 0.129. The zero-order valence-electron chi connectivity index (χ0n) is 22.0. The van der Waals surface area contributed by atoms with E-state index in [-0.39, 0.29) is 10.1 Å². The van der Waals surface area contributed by atoms with Crippen molar-refractivity contribution in [3.8, 4) is 0 Å². The fourth-order valence-corrected chi connectivity index (χ4v) is 4.96. The minimum absolute atomic E-state index is 0. The number of fused-ring (bicyclic) bond motifs is 1. The molecule has 0 radical (unpaired) electrons. The summed E-state index contributed by atoms with van der Waals surface area (Å²) in [4.78, 5) is 0. The molecule has 0 atom stereocenters. The van der Waals surface area contributed by atoms with Crippen molar-refractivity contribution < 1.29 is 27.0 Å². The van der Waals surface area contributed by atoms with Gasteiger partial charge in [0.1, 0.15) is 18.6 Å². The van der Waals surface area contributed by atoms with Crippen LogP contribution in [0.4, 0.5) is 18.6 Å². The Hall–Kier alpha value is -3.55. The van der Waals surface area contributed by atoms with Crippen molar-refractivity contribution in [3.63, 3.8) is 0 Å². The van der Waals surface area contributed by atoms with Crippen molar-refractivity contribution in [2.24, 2.45) is 0 Å². The average Bonchev–Trinajstić information content (AvgIpc) is 3.09. The molecule has 206 valence electrons. The van der Waals surface area contributed by atoms with Crippen LogP contribution in [-0.2, 0) is 10.2 Å². The Morgan fingerprint density at radius 2 is 1.38 bits per heavy atom. The molecule has 2 nitrogen and oxygen atoms in total. The van der Waals surface area contributed by atoms with E-state index < -0.39 is 7.54 Å². The molecule has 2 aliphatic rings. The Balaban J connectivity index is 0.000000828. The highest BCUT2D eigenvalue weighted by Crippen LogP contribution is 2.39. The van der Waals surface area contributed by atoms with Crippen LogP contribution < -0.4 is 4.70 Å². The fourth-order valence-electron chi connectivity index (χ4n) is 4.71. The summed E-state index contributed by atoms with van der Waals surface area (Å²) in [5.41, 5.74) is 6.83. The van der Waals surface area contributed by atoms with Gasteiger partial charge < -0.3 is 9.44 Å². The number of halogens is 6. The molecule has 0 fully saturated rings. The molecule has 5 rings (SSSR count). The van der Waals surface area contributed by atoms with E-state index in [2.05, 4.69) is 68.0 Å². The molecular formula is C31H26BCl2F4NO. The Kier molecular flexibility index (Phi) is 10.2. The van der Waals surface area contributed by atoms with Gasteiger partial charge in [0.05, 0.1) is 5.41 Å². The predicted octanol–water partition coefficient (Wildman–Crippen LogP) is 6.48. The lowest BCUT2D eigenvalue weighted by Gasteiger charge is -2.18. The van der Waals surface area contributed by atoms with Gasteiger partial charge in [-0.2, -0.15) is 4.58 Å². The summed E-state index contributed by atoms with van der Waals surface area (Å²) in [6.07, 6.45) is 10.4. The maximum absolute atomic E-state index is 9.67. The number of benzene rings is 3. The largest absolute Gasteiger partial charge is 1.00 e. The van der Waals surface area contributed by atoms with E-state index in [1.54, 1.807) is 0 Å². The molecule has 0 unspecified atom stereocenters. The lowest BCUT2D eigenvalue weighted by molar-refractivity contribution is -0.401. The summed E-state index contributed by atoms with van der Waals surface area (Å²) in [5, 5.41) is 1.40. The second-order valence-electron chi connectivity index (χ2n) is 9.49. The van der Waals surface area contributed by atoms with E-state index in [4.69, 9.17) is 27.9 Å². The molecule has 0 aromatic heterocycles. The smallest absolute Gasteiger partial charge is 0.762 e. The number of hydrogen-bond acceptors (Lipinski definition) is 1. The van der Waals surface area contributed by atoms with Gasteiger partial charge in [0.2, 0.25) is 5.69 Å². The number of allylic oxidation sites excluding steroid dienone is 6. The molecule has 40 heavy (non-hydrogen) atoms. The maximum Gasteiger partial charge on any atom is 0.762 e. The molecule has 0 saturated carbocycles. The van der Waals surface area contributed by atoms with Gasteiger partial charge in [-0.05, 0) is 79.6 Å². The number of rotatable bonds is 4. The summed E-state index contributed by atoms with van der Waals surface area (Å²) in [7, 11) is -1.54. The summed E-state index contributed by atoms with van der Waals surface area (Å²) in [5.74, 6) is 1.53. The molecule has 3 aromatic rings. The normalized spacial score (nSPS) is 16.4. The zero-order chi connectivity index (χ0) is 28.2. The average molecular weight is 586 g/mol. The maximum atomic E-state index is 9.67. The predicted molar refractivity (Wildman–Crippen MR) is 157 cm³/mol. The number of nitrogens with zero attached hydrogens (tertiary/aromatic N) is 1. The van der Waals surface area contributed by atoms with Crippen LogP contribution in [0.3, 0.4) is 0 Å². The molecule has 2 aliphatic heterocycles. The molecule has 0 spiro atoms. The van der Waals surface area contributed by atoms with Gasteiger partial charge in [-0.25, -0.2) is 0 Å². The minimum atomic E-state index is -3.67. The van der Waals surface area contributed by atoms with Crippen molar-refractivity contribution in [2.75, 3.05) is 7.05 Å². The third-order valence-corrected chi connectivity index (χ3v) is 7.08. The summed E-state index contributed by atoms with van der Waals surface area (Å²) >= 11 is 12.2. The van der Waals surface area contributed by atoms with Crippen molar-refractivity contribution >= 4 is 53.5 Å². The molecule has 0 saturated heterocycles. The monoisotopic (exact) mass is 585 g/mol. The van der Waals surface area contributed by atoms with Crippen molar-refractivity contribution in [1.29, 1.82) is 0 Å². The second-order valence-corrected chi connectivity index (χ2v) is 10.4. The first-order chi connectivity index (χ1) is 18.6. The van der Waals surface area contributed by atoms with Gasteiger partial charge in [0.25, 0.3) is 0 Å². The zero-order valence-corrected chi connectivity index (χ0v) is 23.5. The van der Waals surface area contributed by atoms with Gasteiger partial charge >= 0.3 is 7.54 Å². The van der Waals surface area contributed by atoms with E-state index >= 15 is 0 Å². The van der Waals surface area contributed by atoms with Crippen molar-refractivity contribution in [1.82, 2.24) is 0 Å². The first-order valence-corrected chi connectivity index (χ1v) is 13.0. The van der Waals surface area contributed by atoms with Gasteiger partial charge in [-0.3, -0.25) is 12.9 Å². The highest BCUT2D eigenvalue weighted by molar-refractivity contribution is 6.33. The molecule has 0 aliphatic carbocycles. The highest BCUT2D eigenvalue weighted by atomic mass is 35.5. The van der Waals surface area contributed by atoms with Crippen LogP contribution in [0.25, 0.3) is 11.3 Å². The quantitative estimate of drug-likeness (QED) is 0.194. The summed E-state index contributed by atoms with van der Waals surface area (Å²) in [6.45, 7) is 4.53. The van der Waals surface area contributed by atoms with E-state index in [9.17, 15) is 12.9 Å². The van der Waals surface area contributed by atoms with Crippen molar-refractivity contribution in [3.05, 3.63) is 136 Å². The Labute approximate surface area is 242 Å². The Bertz CT molecular complexity index is 1510. The van der Waals surface area contributed by atoms with Crippen LogP contribution in [0, 0.1) is 0 Å². The molecule has 9 heteroatoms. The lowest BCUT2D eigenvalue weighted by Crippen LogP contribution is -3.00. The first-order valence-electron chi connectivity index (χ1n) is 12.2. The van der Waals surface area contributed by atoms with Gasteiger partial charge in [-0.15, -0.1) is 0 Å². The SMILES string of the molecule is C[N+]1=C(C=CC=C2C=C(c3ccc(Cl)cc3)C=C(c3ccc(Cl)cc3)O2)C(C)(C)c2ccccc21.FB(F)F.[F-]. The number of hydrogen-bond donors (Lipinski definition) is 0. The molecule has 0 bridgehead atoms. The topological polar surface area (TPSA) is 12.2 Å². The van der Waals surface area contributed by atoms with Crippen LogP contribution >= 0.6 is 23.2 Å².